The molecule has 2 heterocycles. The second kappa shape index (κ2) is 7.83. The lowest BCUT2D eigenvalue weighted by atomic mass is 10.3. The highest BCUT2D eigenvalue weighted by Gasteiger charge is 2.27. The molecule has 3 rings (SSSR count). The fourth-order valence-corrected chi connectivity index (χ4v) is 3.13. The molecular formula is C17H20Cl2N4O+2. The molecule has 7 heteroatoms. The third-order valence-corrected chi connectivity index (χ3v) is 4.86. The molecule has 0 spiro atoms. The number of nitrogens with zero attached hydrogens (tertiary/aromatic N) is 1. The number of aromatic nitrogens is 1. The topological polar surface area (TPSA) is 50.9 Å². The Bertz CT molecular complexity index is 703. The number of nitrogens with one attached hydrogen (secondary N) is 3. The van der Waals surface area contributed by atoms with Gasteiger partial charge in [0.05, 0.1) is 16.2 Å². The molecule has 1 aliphatic rings. The van der Waals surface area contributed by atoms with E-state index in [4.69, 9.17) is 23.2 Å². The van der Waals surface area contributed by atoms with Crippen molar-refractivity contribution < 1.29 is 14.7 Å². The summed E-state index contributed by atoms with van der Waals surface area (Å²) in [7, 11) is 0. The van der Waals surface area contributed by atoms with E-state index in [1.807, 2.05) is 18.3 Å². The highest BCUT2D eigenvalue weighted by atomic mass is 35.5. The van der Waals surface area contributed by atoms with Crippen LogP contribution < -0.4 is 20.1 Å². The molecule has 5 nitrogen and oxygen atoms in total. The van der Waals surface area contributed by atoms with Gasteiger partial charge in [-0.1, -0.05) is 29.3 Å². The van der Waals surface area contributed by atoms with Crippen LogP contribution in [-0.4, -0.2) is 38.6 Å². The molecular weight excluding hydrogens is 347 g/mol. The first-order valence-electron chi connectivity index (χ1n) is 7.92. The van der Waals surface area contributed by atoms with Crippen LogP contribution in [0.2, 0.25) is 10.0 Å². The molecule has 1 aromatic heterocycles. The average Bonchev–Trinajstić information content (AvgIpc) is 2.59. The number of anilines is 2. The Hall–Kier alpha value is -1.82. The fourth-order valence-electron chi connectivity index (χ4n) is 2.83. The van der Waals surface area contributed by atoms with Crippen molar-refractivity contribution in [2.45, 2.75) is 0 Å². The maximum atomic E-state index is 12.2. The summed E-state index contributed by atoms with van der Waals surface area (Å²) in [6, 6.07) is 11.2. The molecule has 1 saturated heterocycles. The third kappa shape index (κ3) is 4.38. The van der Waals surface area contributed by atoms with Crippen molar-refractivity contribution in [3.63, 3.8) is 0 Å². The Morgan fingerprint density at radius 2 is 1.96 bits per heavy atom. The highest BCUT2D eigenvalue weighted by molar-refractivity contribution is 6.42. The molecule has 0 saturated carbocycles. The standard InChI is InChI=1S/C17H18Cl2N4O/c18-14-5-4-13(11-15(14)19)21-17(24)12-22-7-9-23(10-8-22)16-3-1-2-6-20-16/h1-6,11H,7-10,12H2,(H,21,24)/p+2. The van der Waals surface area contributed by atoms with Crippen molar-refractivity contribution in [2.24, 2.45) is 0 Å². The molecule has 0 bridgehead atoms. The van der Waals surface area contributed by atoms with Crippen molar-refractivity contribution in [1.29, 1.82) is 0 Å². The predicted molar refractivity (Wildman–Crippen MR) is 95.9 cm³/mol. The first kappa shape index (κ1) is 17.0. The monoisotopic (exact) mass is 366 g/mol. The molecule has 1 aromatic carbocycles. The van der Waals surface area contributed by atoms with Crippen molar-refractivity contribution in [3.05, 3.63) is 52.6 Å². The molecule has 0 radical (unpaired) electrons. The number of hydrogen-bond acceptors (Lipinski definition) is 2. The summed E-state index contributed by atoms with van der Waals surface area (Å²) in [5.41, 5.74) is 0.673. The molecule has 0 unspecified atom stereocenters. The average molecular weight is 367 g/mol. The summed E-state index contributed by atoms with van der Waals surface area (Å²) in [5.74, 6) is 1.11. The lowest BCUT2D eigenvalue weighted by Crippen LogP contribution is -3.15. The summed E-state index contributed by atoms with van der Waals surface area (Å²) in [5, 5.41) is 3.80. The molecule has 24 heavy (non-hydrogen) atoms. The number of aromatic amines is 1. The second-order valence-electron chi connectivity index (χ2n) is 5.84. The number of carbonyl (C=O) groups is 1. The smallest absolute Gasteiger partial charge is 0.279 e. The Labute approximate surface area is 151 Å². The number of H-pyrrole nitrogens is 1. The Kier molecular flexibility index (Phi) is 5.56. The van der Waals surface area contributed by atoms with Crippen LogP contribution in [0.1, 0.15) is 0 Å². The van der Waals surface area contributed by atoms with Gasteiger partial charge in [-0.15, -0.1) is 0 Å². The third-order valence-electron chi connectivity index (χ3n) is 4.12. The quantitative estimate of drug-likeness (QED) is 0.852. The van der Waals surface area contributed by atoms with Gasteiger partial charge >= 0.3 is 0 Å². The van der Waals surface area contributed by atoms with Gasteiger partial charge in [-0.2, -0.15) is 0 Å². The van der Waals surface area contributed by atoms with Gasteiger partial charge in [0.15, 0.2) is 6.54 Å². The summed E-state index contributed by atoms with van der Waals surface area (Å²) in [4.78, 5) is 19.0. The van der Waals surface area contributed by atoms with E-state index in [0.717, 1.165) is 32.0 Å². The minimum absolute atomic E-state index is 0.0110. The van der Waals surface area contributed by atoms with Gasteiger partial charge in [0.1, 0.15) is 26.2 Å². The SMILES string of the molecule is O=C(C[NH+]1CCN(c2cccc[nH+]2)CC1)Nc1ccc(Cl)c(Cl)c1. The Morgan fingerprint density at radius 3 is 2.62 bits per heavy atom. The van der Waals surface area contributed by atoms with Crippen LogP contribution in [0.4, 0.5) is 11.5 Å². The zero-order valence-electron chi connectivity index (χ0n) is 13.2. The van der Waals surface area contributed by atoms with Gasteiger partial charge < -0.3 is 10.2 Å². The number of benzene rings is 1. The van der Waals surface area contributed by atoms with E-state index < -0.39 is 0 Å². The van der Waals surface area contributed by atoms with Gasteiger partial charge in [0.25, 0.3) is 11.7 Å². The number of pyridine rings is 1. The van der Waals surface area contributed by atoms with Crippen LogP contribution in [0.3, 0.4) is 0 Å². The van der Waals surface area contributed by atoms with Gasteiger partial charge in [0, 0.05) is 11.8 Å². The zero-order chi connectivity index (χ0) is 16.9. The lowest BCUT2D eigenvalue weighted by molar-refractivity contribution is -0.892. The van der Waals surface area contributed by atoms with Crippen molar-refractivity contribution in [1.82, 2.24) is 0 Å². The van der Waals surface area contributed by atoms with Crippen LogP contribution >= 0.6 is 23.2 Å². The van der Waals surface area contributed by atoms with Gasteiger partial charge in [0.2, 0.25) is 0 Å². The van der Waals surface area contributed by atoms with Crippen LogP contribution in [0.15, 0.2) is 42.6 Å². The Morgan fingerprint density at radius 1 is 1.17 bits per heavy atom. The summed E-state index contributed by atoms with van der Waals surface area (Å²) in [6.45, 7) is 4.16. The molecule has 3 N–H and O–H groups in total. The van der Waals surface area contributed by atoms with Gasteiger partial charge in [-0.05, 0) is 24.3 Å². The maximum Gasteiger partial charge on any atom is 0.279 e. The molecule has 0 aliphatic carbocycles. The number of carbonyl (C=O) groups excluding carboxylic acids is 1. The lowest BCUT2D eigenvalue weighted by Gasteiger charge is -2.27. The first-order valence-corrected chi connectivity index (χ1v) is 8.67. The number of halogens is 2. The second-order valence-corrected chi connectivity index (χ2v) is 6.65. The number of rotatable bonds is 4. The van der Waals surface area contributed by atoms with Crippen molar-refractivity contribution in [3.8, 4) is 0 Å². The van der Waals surface area contributed by atoms with Crippen molar-refractivity contribution in [2.75, 3.05) is 42.9 Å². The minimum atomic E-state index is -0.0110. The maximum absolute atomic E-state index is 12.2. The van der Waals surface area contributed by atoms with Crippen LogP contribution in [0.25, 0.3) is 0 Å². The first-order chi connectivity index (χ1) is 11.6. The predicted octanol–water partition coefficient (Wildman–Crippen LogP) is 1.15. The molecule has 2 aromatic rings. The van der Waals surface area contributed by atoms with Gasteiger partial charge in [-0.25, -0.2) is 4.98 Å². The summed E-state index contributed by atoms with van der Waals surface area (Å²) in [6.07, 6.45) is 1.93. The van der Waals surface area contributed by atoms with Crippen LogP contribution in [0, 0.1) is 0 Å². The summed E-state index contributed by atoms with van der Waals surface area (Å²) >= 11 is 11.8. The Balaban J connectivity index is 1.49. The molecule has 126 valence electrons. The van der Waals surface area contributed by atoms with Crippen LogP contribution in [0.5, 0.6) is 0 Å². The zero-order valence-corrected chi connectivity index (χ0v) is 14.7. The number of piperazine rings is 1. The van der Waals surface area contributed by atoms with E-state index >= 15 is 0 Å². The number of quaternary nitrogens is 1. The van der Waals surface area contributed by atoms with Gasteiger partial charge in [-0.3, -0.25) is 9.69 Å². The normalized spacial score (nSPS) is 15.3. The van der Waals surface area contributed by atoms with E-state index in [2.05, 4.69) is 21.3 Å². The summed E-state index contributed by atoms with van der Waals surface area (Å²) < 4.78 is 0. The molecule has 1 fully saturated rings. The van der Waals surface area contributed by atoms with E-state index in [0.29, 0.717) is 22.3 Å². The minimum Gasteiger partial charge on any atom is -0.321 e. The largest absolute Gasteiger partial charge is 0.321 e. The molecule has 1 amide bonds. The fraction of sp³-hybridized carbons (Fsp3) is 0.294. The highest BCUT2D eigenvalue weighted by Crippen LogP contribution is 2.24. The van der Waals surface area contributed by atoms with E-state index in [1.165, 1.54) is 4.90 Å². The number of amides is 1. The van der Waals surface area contributed by atoms with E-state index in [9.17, 15) is 4.79 Å². The van der Waals surface area contributed by atoms with Crippen molar-refractivity contribution >= 4 is 40.6 Å². The van der Waals surface area contributed by atoms with E-state index in [-0.39, 0.29) is 5.91 Å². The number of hydrogen-bond donors (Lipinski definition) is 2. The molecule has 0 atom stereocenters. The van der Waals surface area contributed by atoms with Crippen LogP contribution in [-0.2, 0) is 4.79 Å². The molecule has 1 aliphatic heterocycles. The van der Waals surface area contributed by atoms with E-state index in [1.54, 1.807) is 18.2 Å².